The third kappa shape index (κ3) is 3.91. The summed E-state index contributed by atoms with van der Waals surface area (Å²) < 4.78 is 12.5. The van der Waals surface area contributed by atoms with Crippen LogP contribution in [0, 0.1) is 7.14 Å². The number of hydrazone groups is 1. The highest BCUT2D eigenvalue weighted by atomic mass is 127. The van der Waals surface area contributed by atoms with Crippen molar-refractivity contribution in [1.29, 1.82) is 0 Å². The van der Waals surface area contributed by atoms with Crippen LogP contribution in [0.25, 0.3) is 0 Å². The zero-order valence-corrected chi connectivity index (χ0v) is 16.5. The zero-order valence-electron chi connectivity index (χ0n) is 12.2. The van der Waals surface area contributed by atoms with Gasteiger partial charge in [0.2, 0.25) is 6.10 Å². The molecule has 8 heteroatoms. The number of phenolic OH excluding ortho intramolecular Hbond substituents is 1. The summed E-state index contributed by atoms with van der Waals surface area (Å²) in [4.78, 5) is 12.1. The number of amides is 1. The van der Waals surface area contributed by atoms with E-state index < -0.39 is 6.10 Å². The predicted octanol–water partition coefficient (Wildman–Crippen LogP) is 2.89. The average molecular weight is 550 g/mol. The Hall–Kier alpha value is -1.56. The predicted molar refractivity (Wildman–Crippen MR) is 106 cm³/mol. The van der Waals surface area contributed by atoms with Gasteiger partial charge in [-0.2, -0.15) is 5.10 Å². The summed E-state index contributed by atoms with van der Waals surface area (Å²) in [5.41, 5.74) is 3.21. The lowest BCUT2D eigenvalue weighted by molar-refractivity contribution is -0.130. The number of aromatic hydroxyl groups is 1. The second kappa shape index (κ2) is 7.55. The van der Waals surface area contributed by atoms with Gasteiger partial charge in [-0.1, -0.05) is 12.1 Å². The third-order valence-electron chi connectivity index (χ3n) is 3.23. The molecule has 1 unspecified atom stereocenters. The number of halogens is 2. The highest BCUT2D eigenvalue weighted by Crippen LogP contribution is 2.31. The number of hydrogen-bond donors (Lipinski definition) is 2. The molecule has 1 heterocycles. The van der Waals surface area contributed by atoms with Crippen molar-refractivity contribution in [2.24, 2.45) is 5.10 Å². The van der Waals surface area contributed by atoms with Crippen molar-refractivity contribution in [2.75, 3.05) is 6.61 Å². The molecule has 0 saturated carbocycles. The van der Waals surface area contributed by atoms with Gasteiger partial charge in [0.05, 0.1) is 13.4 Å². The molecular weight excluding hydrogens is 538 g/mol. The Kier molecular flexibility index (Phi) is 5.43. The summed E-state index contributed by atoms with van der Waals surface area (Å²) in [5, 5.41) is 13.7. The van der Waals surface area contributed by atoms with Gasteiger partial charge in [0.1, 0.15) is 12.4 Å². The number of carbonyl (C=O) groups excluding carboxylic acids is 1. The first kappa shape index (κ1) is 17.3. The molecule has 0 aliphatic carbocycles. The van der Waals surface area contributed by atoms with E-state index in [1.807, 2.05) is 57.3 Å². The molecule has 124 valence electrons. The van der Waals surface area contributed by atoms with Crippen molar-refractivity contribution < 1.29 is 19.4 Å². The molecule has 2 N–H and O–H groups in total. The monoisotopic (exact) mass is 550 g/mol. The van der Waals surface area contributed by atoms with Crippen LogP contribution in [0.2, 0.25) is 0 Å². The summed E-state index contributed by atoms with van der Waals surface area (Å²) in [6.07, 6.45) is 0.761. The van der Waals surface area contributed by atoms with E-state index in [4.69, 9.17) is 9.47 Å². The Labute approximate surface area is 165 Å². The van der Waals surface area contributed by atoms with Crippen LogP contribution in [0.1, 0.15) is 5.56 Å². The van der Waals surface area contributed by atoms with Gasteiger partial charge in [-0.15, -0.1) is 0 Å². The van der Waals surface area contributed by atoms with Crippen LogP contribution in [0.15, 0.2) is 41.5 Å². The molecule has 0 fully saturated rings. The van der Waals surface area contributed by atoms with Gasteiger partial charge < -0.3 is 14.6 Å². The minimum atomic E-state index is -0.753. The fraction of sp³-hybridized carbons (Fsp3) is 0.125. The average Bonchev–Trinajstić information content (AvgIpc) is 2.59. The van der Waals surface area contributed by atoms with Crippen molar-refractivity contribution in [3.63, 3.8) is 0 Å². The van der Waals surface area contributed by atoms with Gasteiger partial charge in [0, 0.05) is 0 Å². The van der Waals surface area contributed by atoms with Gasteiger partial charge in [-0.05, 0) is 75.0 Å². The van der Waals surface area contributed by atoms with Crippen molar-refractivity contribution in [3.8, 4) is 17.2 Å². The Morgan fingerprint density at radius 1 is 1.25 bits per heavy atom. The number of benzene rings is 2. The molecule has 6 nitrogen and oxygen atoms in total. The number of ether oxygens (including phenoxy) is 2. The first-order valence-corrected chi connectivity index (χ1v) is 9.10. The molecule has 1 atom stereocenters. The quantitative estimate of drug-likeness (QED) is 0.350. The van der Waals surface area contributed by atoms with Gasteiger partial charge in [0.25, 0.3) is 5.91 Å². The van der Waals surface area contributed by atoms with Gasteiger partial charge in [-0.3, -0.25) is 4.79 Å². The maximum Gasteiger partial charge on any atom is 0.284 e. The Balaban J connectivity index is 1.62. The number of hydrogen-bond acceptors (Lipinski definition) is 5. The van der Waals surface area contributed by atoms with Crippen LogP contribution in [-0.2, 0) is 4.79 Å². The minimum absolute atomic E-state index is 0.132. The van der Waals surface area contributed by atoms with E-state index in [-0.39, 0.29) is 18.3 Å². The maximum atomic E-state index is 12.1. The SMILES string of the molecule is O=C(N/N=C\c1cc(I)c(O)c(I)c1)C1COc2ccccc2O1. The fourth-order valence-electron chi connectivity index (χ4n) is 2.05. The zero-order chi connectivity index (χ0) is 17.1. The van der Waals surface area contributed by atoms with E-state index >= 15 is 0 Å². The topological polar surface area (TPSA) is 80.2 Å². The third-order valence-corrected chi connectivity index (χ3v) is 4.87. The number of rotatable bonds is 3. The molecule has 1 amide bonds. The second-order valence-corrected chi connectivity index (χ2v) is 7.26. The molecule has 1 aliphatic heterocycles. The minimum Gasteiger partial charge on any atom is -0.506 e. The number of para-hydroxylation sites is 2. The number of phenols is 1. The Bertz CT molecular complexity index is 787. The van der Waals surface area contributed by atoms with E-state index in [0.717, 1.165) is 5.56 Å². The molecule has 0 aromatic heterocycles. The lowest BCUT2D eigenvalue weighted by Crippen LogP contribution is -2.42. The molecular formula is C16H12I2N2O4. The molecule has 24 heavy (non-hydrogen) atoms. The van der Waals surface area contributed by atoms with Crippen molar-refractivity contribution in [1.82, 2.24) is 5.43 Å². The first-order valence-electron chi connectivity index (χ1n) is 6.94. The van der Waals surface area contributed by atoms with Crippen LogP contribution < -0.4 is 14.9 Å². The first-order chi connectivity index (χ1) is 11.5. The maximum absolute atomic E-state index is 12.1. The Morgan fingerprint density at radius 3 is 2.62 bits per heavy atom. The van der Waals surface area contributed by atoms with Crippen LogP contribution in [0.5, 0.6) is 17.2 Å². The molecule has 3 rings (SSSR count). The summed E-state index contributed by atoms with van der Waals surface area (Å²) in [7, 11) is 0. The van der Waals surface area contributed by atoms with E-state index in [2.05, 4.69) is 10.5 Å². The van der Waals surface area contributed by atoms with E-state index in [9.17, 15) is 9.90 Å². The summed E-state index contributed by atoms with van der Waals surface area (Å²) >= 11 is 4.07. The Morgan fingerprint density at radius 2 is 1.92 bits per heavy atom. The van der Waals surface area contributed by atoms with Crippen molar-refractivity contribution in [2.45, 2.75) is 6.10 Å². The summed E-state index contributed by atoms with van der Waals surface area (Å²) in [5.74, 6) is 1.02. The highest BCUT2D eigenvalue weighted by Gasteiger charge is 2.26. The smallest absolute Gasteiger partial charge is 0.284 e. The van der Waals surface area contributed by atoms with Crippen LogP contribution >= 0.6 is 45.2 Å². The van der Waals surface area contributed by atoms with Crippen molar-refractivity contribution in [3.05, 3.63) is 49.1 Å². The fourth-order valence-corrected chi connectivity index (χ4v) is 3.87. The molecule has 0 saturated heterocycles. The lowest BCUT2D eigenvalue weighted by atomic mass is 10.2. The number of nitrogens with zero attached hydrogens (tertiary/aromatic N) is 1. The number of fused-ring (bicyclic) bond motifs is 1. The largest absolute Gasteiger partial charge is 0.506 e. The molecule has 0 radical (unpaired) electrons. The lowest BCUT2D eigenvalue weighted by Gasteiger charge is -2.24. The molecule has 1 aliphatic rings. The van der Waals surface area contributed by atoms with E-state index in [1.165, 1.54) is 6.21 Å². The van der Waals surface area contributed by atoms with Crippen LogP contribution in [0.3, 0.4) is 0 Å². The van der Waals surface area contributed by atoms with Gasteiger partial charge in [0.15, 0.2) is 11.5 Å². The normalized spacial score (nSPS) is 16.2. The number of nitrogens with one attached hydrogen (secondary N) is 1. The van der Waals surface area contributed by atoms with Crippen LogP contribution in [0.4, 0.5) is 0 Å². The molecule has 0 spiro atoms. The van der Waals surface area contributed by atoms with Crippen LogP contribution in [-0.4, -0.2) is 29.9 Å². The van der Waals surface area contributed by atoms with E-state index in [1.54, 1.807) is 24.3 Å². The molecule has 2 aromatic rings. The summed E-state index contributed by atoms with van der Waals surface area (Å²) in [6.45, 7) is 0.132. The molecule has 2 aromatic carbocycles. The van der Waals surface area contributed by atoms with Gasteiger partial charge in [-0.25, -0.2) is 5.43 Å². The van der Waals surface area contributed by atoms with Crippen molar-refractivity contribution >= 4 is 57.3 Å². The molecule has 0 bridgehead atoms. The highest BCUT2D eigenvalue weighted by molar-refractivity contribution is 14.1. The van der Waals surface area contributed by atoms with E-state index in [0.29, 0.717) is 18.6 Å². The second-order valence-electron chi connectivity index (χ2n) is 4.93. The number of carbonyl (C=O) groups is 1. The standard InChI is InChI=1S/C16H12I2N2O4/c17-10-5-9(6-11(18)15(10)21)7-19-20-16(22)14-8-23-12-3-1-2-4-13(12)24-14/h1-7,14,21H,8H2,(H,20,22)/b19-7-. The summed E-state index contributed by atoms with van der Waals surface area (Å²) in [6, 6.07) is 10.7. The van der Waals surface area contributed by atoms with Gasteiger partial charge >= 0.3 is 0 Å².